The summed E-state index contributed by atoms with van der Waals surface area (Å²) in [4.78, 5) is 34.4. The van der Waals surface area contributed by atoms with Gasteiger partial charge in [0.05, 0.1) is 6.04 Å². The largest absolute Gasteiger partial charge is 0.488 e. The Bertz CT molecular complexity index is 1130. The summed E-state index contributed by atoms with van der Waals surface area (Å²) in [5.74, 6) is -0.0329. The molecular formula is C26H33F2N3O5. The molecule has 1 unspecified atom stereocenters. The smallest absolute Gasteiger partial charge is 0.443 e. The molecule has 2 aromatic rings. The van der Waals surface area contributed by atoms with E-state index < -0.39 is 29.7 Å². The van der Waals surface area contributed by atoms with Crippen molar-refractivity contribution in [2.24, 2.45) is 5.92 Å². The van der Waals surface area contributed by atoms with Crippen molar-refractivity contribution in [2.75, 3.05) is 5.32 Å². The third-order valence-electron chi connectivity index (χ3n) is 5.31. The van der Waals surface area contributed by atoms with Gasteiger partial charge < -0.3 is 19.6 Å². The van der Waals surface area contributed by atoms with Gasteiger partial charge in [-0.1, -0.05) is 13.8 Å². The van der Waals surface area contributed by atoms with Crippen LogP contribution in [0.1, 0.15) is 72.4 Å². The number of carbonyl (C=O) groups is 2. The van der Waals surface area contributed by atoms with E-state index in [4.69, 9.17) is 14.3 Å². The molecule has 0 fully saturated rings. The number of aromatic nitrogens is 1. The van der Waals surface area contributed by atoms with E-state index in [0.717, 1.165) is 5.06 Å². The molecule has 1 atom stereocenters. The van der Waals surface area contributed by atoms with Gasteiger partial charge in [0.2, 0.25) is 5.91 Å². The predicted molar refractivity (Wildman–Crippen MR) is 131 cm³/mol. The molecule has 1 aromatic heterocycles. The van der Waals surface area contributed by atoms with Crippen LogP contribution < -0.4 is 14.9 Å². The number of hydrogen-bond donors (Lipinski definition) is 1. The average molecular weight is 506 g/mol. The van der Waals surface area contributed by atoms with Crippen LogP contribution in [0.3, 0.4) is 0 Å². The number of halogens is 2. The van der Waals surface area contributed by atoms with E-state index in [-0.39, 0.29) is 29.9 Å². The first-order valence-corrected chi connectivity index (χ1v) is 11.8. The molecule has 0 saturated heterocycles. The van der Waals surface area contributed by atoms with Gasteiger partial charge >= 0.3 is 6.09 Å². The predicted octanol–water partition coefficient (Wildman–Crippen LogP) is 6.50. The van der Waals surface area contributed by atoms with Crippen LogP contribution >= 0.6 is 0 Å². The SMILES string of the molecule is CC(=O)Nc1cc2c(cn1)COc1c-2ccc(ON(C(=O)OC(C)(C)C)C(C)CC(C)C)c1C(F)F. The molecular weight excluding hydrogens is 472 g/mol. The zero-order valence-electron chi connectivity index (χ0n) is 21.6. The monoisotopic (exact) mass is 505 g/mol. The van der Waals surface area contributed by atoms with Crippen molar-refractivity contribution in [1.29, 1.82) is 0 Å². The molecule has 196 valence electrons. The van der Waals surface area contributed by atoms with Crippen LogP contribution in [0.4, 0.5) is 19.4 Å². The number of rotatable bonds is 7. The van der Waals surface area contributed by atoms with Crippen LogP contribution in [0, 0.1) is 5.92 Å². The summed E-state index contributed by atoms with van der Waals surface area (Å²) in [6.45, 7) is 12.3. The van der Waals surface area contributed by atoms with Crippen LogP contribution in [-0.4, -0.2) is 33.7 Å². The molecule has 36 heavy (non-hydrogen) atoms. The Labute approximate surface area is 209 Å². The number of carbonyl (C=O) groups excluding carboxylic acids is 2. The van der Waals surface area contributed by atoms with Crippen molar-refractivity contribution in [3.05, 3.63) is 35.5 Å². The summed E-state index contributed by atoms with van der Waals surface area (Å²) in [5, 5.41) is 3.61. The van der Waals surface area contributed by atoms with Crippen LogP contribution in [0.5, 0.6) is 11.5 Å². The fraction of sp³-hybridized carbons (Fsp3) is 0.500. The lowest BCUT2D eigenvalue weighted by molar-refractivity contribution is -0.114. The van der Waals surface area contributed by atoms with Gasteiger partial charge in [-0.25, -0.2) is 18.6 Å². The van der Waals surface area contributed by atoms with Crippen molar-refractivity contribution in [3.8, 4) is 22.6 Å². The van der Waals surface area contributed by atoms with Gasteiger partial charge in [0.15, 0.2) is 5.75 Å². The number of hydroxylamine groups is 2. The molecule has 0 bridgehead atoms. The summed E-state index contributed by atoms with van der Waals surface area (Å²) in [7, 11) is 0. The number of hydrogen-bond acceptors (Lipinski definition) is 6. The lowest BCUT2D eigenvalue weighted by Crippen LogP contribution is -2.45. The molecule has 0 aliphatic carbocycles. The number of amides is 2. The van der Waals surface area contributed by atoms with E-state index in [9.17, 15) is 18.4 Å². The third-order valence-corrected chi connectivity index (χ3v) is 5.31. The number of pyridine rings is 1. The molecule has 1 aliphatic rings. The quantitative estimate of drug-likeness (QED) is 0.432. The van der Waals surface area contributed by atoms with Crippen molar-refractivity contribution in [1.82, 2.24) is 10.0 Å². The second-order valence-electron chi connectivity index (χ2n) is 10.2. The second kappa shape index (κ2) is 10.7. The number of anilines is 1. The summed E-state index contributed by atoms with van der Waals surface area (Å²) >= 11 is 0. The first-order chi connectivity index (χ1) is 16.8. The number of ether oxygens (including phenoxy) is 2. The Kier molecular flexibility index (Phi) is 8.05. The molecule has 1 aromatic carbocycles. The summed E-state index contributed by atoms with van der Waals surface area (Å²) in [5.41, 5.74) is 0.435. The van der Waals surface area contributed by atoms with E-state index in [1.165, 1.54) is 19.2 Å². The van der Waals surface area contributed by atoms with E-state index >= 15 is 0 Å². The topological polar surface area (TPSA) is 90.0 Å². The van der Waals surface area contributed by atoms with Crippen LogP contribution in [0.15, 0.2) is 24.4 Å². The second-order valence-corrected chi connectivity index (χ2v) is 10.2. The Morgan fingerprint density at radius 2 is 1.89 bits per heavy atom. The molecule has 0 spiro atoms. The Morgan fingerprint density at radius 3 is 2.47 bits per heavy atom. The maximum absolute atomic E-state index is 14.4. The highest BCUT2D eigenvalue weighted by atomic mass is 19.3. The van der Waals surface area contributed by atoms with Gasteiger partial charge in [-0.2, -0.15) is 0 Å². The molecule has 0 saturated carbocycles. The van der Waals surface area contributed by atoms with Gasteiger partial charge in [-0.05, 0) is 63.8 Å². The molecule has 1 N–H and O–H groups in total. The average Bonchev–Trinajstić information content (AvgIpc) is 2.74. The molecule has 3 rings (SSSR count). The van der Waals surface area contributed by atoms with Gasteiger partial charge in [-0.15, -0.1) is 5.06 Å². The first kappa shape index (κ1) is 27.2. The first-order valence-electron chi connectivity index (χ1n) is 11.8. The highest BCUT2D eigenvalue weighted by Crippen LogP contribution is 2.47. The minimum atomic E-state index is -2.95. The van der Waals surface area contributed by atoms with E-state index in [1.54, 1.807) is 39.8 Å². The molecule has 10 heteroatoms. The van der Waals surface area contributed by atoms with Gasteiger partial charge in [-0.3, -0.25) is 4.79 Å². The molecule has 2 amide bonds. The number of nitrogens with zero attached hydrogens (tertiary/aromatic N) is 2. The Balaban J connectivity index is 2.05. The lowest BCUT2D eigenvalue weighted by atomic mass is 9.95. The van der Waals surface area contributed by atoms with Gasteiger partial charge in [0.1, 0.15) is 29.3 Å². The molecule has 1 aliphatic heterocycles. The van der Waals surface area contributed by atoms with Crippen molar-refractivity contribution < 1.29 is 32.7 Å². The minimum Gasteiger partial charge on any atom is -0.488 e. The zero-order valence-corrected chi connectivity index (χ0v) is 21.6. The Morgan fingerprint density at radius 1 is 1.19 bits per heavy atom. The van der Waals surface area contributed by atoms with Crippen LogP contribution in [-0.2, 0) is 16.1 Å². The van der Waals surface area contributed by atoms with E-state index in [0.29, 0.717) is 28.9 Å². The van der Waals surface area contributed by atoms with Crippen LogP contribution in [0.25, 0.3) is 11.1 Å². The number of alkyl halides is 2. The minimum absolute atomic E-state index is 0.0123. The van der Waals surface area contributed by atoms with Crippen LogP contribution in [0.2, 0.25) is 0 Å². The summed E-state index contributed by atoms with van der Waals surface area (Å²) in [6.07, 6.45) is -1.62. The maximum Gasteiger partial charge on any atom is 0.443 e. The molecule has 8 nitrogen and oxygen atoms in total. The fourth-order valence-corrected chi connectivity index (χ4v) is 3.98. The normalized spacial score (nSPS) is 13.4. The fourth-order valence-electron chi connectivity index (χ4n) is 3.98. The maximum atomic E-state index is 14.4. The Hall–Kier alpha value is -3.43. The summed E-state index contributed by atoms with van der Waals surface area (Å²) in [6, 6.07) is 4.14. The number of fused-ring (bicyclic) bond motifs is 3. The van der Waals surface area contributed by atoms with Gasteiger partial charge in [0.25, 0.3) is 6.43 Å². The molecule has 0 radical (unpaired) electrons. The van der Waals surface area contributed by atoms with Crippen molar-refractivity contribution >= 4 is 17.8 Å². The highest BCUT2D eigenvalue weighted by Gasteiger charge is 2.33. The van der Waals surface area contributed by atoms with Gasteiger partial charge in [0, 0.05) is 24.2 Å². The zero-order chi connectivity index (χ0) is 26.8. The lowest BCUT2D eigenvalue weighted by Gasteiger charge is -2.32. The number of nitrogens with one attached hydrogen (secondary N) is 1. The third kappa shape index (κ3) is 6.41. The van der Waals surface area contributed by atoms with Crippen molar-refractivity contribution in [3.63, 3.8) is 0 Å². The standard InChI is InChI=1S/C26H33F2N3O5/c1-14(2)10-15(3)31(25(33)35-26(5,6)7)36-20-9-8-18-19-11-21(30-16(4)32)29-12-17(19)13-34-23(18)22(20)24(27)28/h8-9,11-12,14-15,24H,10,13H2,1-7H3,(H,29,30,32). The molecule has 2 heterocycles. The summed E-state index contributed by atoms with van der Waals surface area (Å²) < 4.78 is 40.0. The highest BCUT2D eigenvalue weighted by molar-refractivity contribution is 5.89. The van der Waals surface area contributed by atoms with E-state index in [2.05, 4.69) is 10.3 Å². The van der Waals surface area contributed by atoms with E-state index in [1.807, 2.05) is 13.8 Å². The van der Waals surface area contributed by atoms with Crippen molar-refractivity contribution in [2.45, 2.75) is 79.6 Å². The number of benzene rings is 1.